The van der Waals surface area contributed by atoms with Crippen molar-refractivity contribution in [1.82, 2.24) is 9.97 Å². The zero-order chi connectivity index (χ0) is 12.4. The average Bonchev–Trinajstić information content (AvgIpc) is 2.32. The first kappa shape index (κ1) is 11.4. The second-order valence-corrected chi connectivity index (χ2v) is 3.86. The monoisotopic (exact) mass is 230 g/mol. The summed E-state index contributed by atoms with van der Waals surface area (Å²) in [6.07, 6.45) is 2.85. The van der Waals surface area contributed by atoms with Gasteiger partial charge in [0.25, 0.3) is 0 Å². The maximum absolute atomic E-state index is 13.5. The second kappa shape index (κ2) is 4.41. The highest BCUT2D eigenvalue weighted by Crippen LogP contribution is 2.13. The topological polar surface area (TPSA) is 42.9 Å². The van der Waals surface area contributed by atoms with Gasteiger partial charge in [-0.05, 0) is 26.0 Å². The summed E-state index contributed by atoms with van der Waals surface area (Å²) in [6, 6.07) is 4.41. The summed E-state index contributed by atoms with van der Waals surface area (Å²) in [4.78, 5) is 19.9. The lowest BCUT2D eigenvalue weighted by atomic mass is 10.1. The van der Waals surface area contributed by atoms with Crippen LogP contribution in [0.5, 0.6) is 0 Å². The fourth-order valence-electron chi connectivity index (χ4n) is 1.46. The third kappa shape index (κ3) is 2.36. The predicted octanol–water partition coefficient (Wildman–Crippen LogP) is 2.46. The second-order valence-electron chi connectivity index (χ2n) is 3.86. The van der Waals surface area contributed by atoms with Crippen LogP contribution in [0.2, 0.25) is 0 Å². The number of ketones is 1. The predicted molar refractivity (Wildman–Crippen MR) is 61.3 cm³/mol. The minimum absolute atomic E-state index is 0.0307. The van der Waals surface area contributed by atoms with Crippen molar-refractivity contribution >= 4 is 5.78 Å². The molecule has 4 heteroatoms. The summed E-state index contributed by atoms with van der Waals surface area (Å²) in [5.41, 5.74) is 1.73. The number of aryl methyl sites for hydroxylation is 2. The van der Waals surface area contributed by atoms with Gasteiger partial charge in [-0.1, -0.05) is 11.6 Å². The van der Waals surface area contributed by atoms with E-state index in [1.807, 2.05) is 0 Å². The first-order valence-corrected chi connectivity index (χ1v) is 5.17. The van der Waals surface area contributed by atoms with Crippen LogP contribution < -0.4 is 0 Å². The molecular weight excluding hydrogens is 219 g/mol. The van der Waals surface area contributed by atoms with E-state index in [1.165, 1.54) is 24.5 Å². The maximum Gasteiger partial charge on any atom is 0.215 e. The van der Waals surface area contributed by atoms with Crippen molar-refractivity contribution in [1.29, 1.82) is 0 Å². The molecule has 0 aliphatic rings. The van der Waals surface area contributed by atoms with Crippen molar-refractivity contribution in [3.05, 3.63) is 58.9 Å². The molecule has 0 saturated heterocycles. The number of aromatic nitrogens is 2. The van der Waals surface area contributed by atoms with Crippen LogP contribution in [0.25, 0.3) is 0 Å². The molecule has 2 rings (SSSR count). The first-order valence-electron chi connectivity index (χ1n) is 5.17. The highest BCUT2D eigenvalue weighted by atomic mass is 19.1. The van der Waals surface area contributed by atoms with Crippen LogP contribution in [0, 0.1) is 19.7 Å². The lowest BCUT2D eigenvalue weighted by Crippen LogP contribution is -2.07. The van der Waals surface area contributed by atoms with E-state index in [1.54, 1.807) is 19.9 Å². The summed E-state index contributed by atoms with van der Waals surface area (Å²) < 4.78 is 13.5. The van der Waals surface area contributed by atoms with Gasteiger partial charge < -0.3 is 0 Å². The molecule has 1 aromatic carbocycles. The van der Waals surface area contributed by atoms with Crippen molar-refractivity contribution in [2.75, 3.05) is 0 Å². The fraction of sp³-hybridized carbons (Fsp3) is 0.154. The van der Waals surface area contributed by atoms with Gasteiger partial charge in [-0.25, -0.2) is 9.37 Å². The third-order valence-electron chi connectivity index (χ3n) is 2.38. The van der Waals surface area contributed by atoms with Gasteiger partial charge in [0, 0.05) is 6.20 Å². The Bertz CT molecular complexity index is 564. The van der Waals surface area contributed by atoms with E-state index in [9.17, 15) is 9.18 Å². The Kier molecular flexibility index (Phi) is 2.95. The Labute approximate surface area is 98.3 Å². The quantitative estimate of drug-likeness (QED) is 0.744. The van der Waals surface area contributed by atoms with Crippen LogP contribution in [0.1, 0.15) is 27.3 Å². The molecule has 0 atom stereocenters. The molecule has 0 unspecified atom stereocenters. The molecule has 1 aromatic heterocycles. The zero-order valence-corrected chi connectivity index (χ0v) is 9.57. The SMILES string of the molecule is Cc1ccc(F)c(C(=O)c2cnc(C)cn2)c1. The van der Waals surface area contributed by atoms with Crippen LogP contribution in [0.15, 0.2) is 30.6 Å². The minimum Gasteiger partial charge on any atom is -0.287 e. The van der Waals surface area contributed by atoms with Crippen LogP contribution in [-0.2, 0) is 0 Å². The Morgan fingerprint density at radius 3 is 2.59 bits per heavy atom. The normalized spacial score (nSPS) is 10.3. The van der Waals surface area contributed by atoms with Crippen LogP contribution in [0.3, 0.4) is 0 Å². The maximum atomic E-state index is 13.5. The smallest absolute Gasteiger partial charge is 0.215 e. The minimum atomic E-state index is -0.539. The molecule has 0 N–H and O–H groups in total. The van der Waals surface area contributed by atoms with E-state index < -0.39 is 11.6 Å². The number of carbonyl (C=O) groups is 1. The lowest BCUT2D eigenvalue weighted by Gasteiger charge is -2.03. The van der Waals surface area contributed by atoms with Gasteiger partial charge in [-0.15, -0.1) is 0 Å². The van der Waals surface area contributed by atoms with Gasteiger partial charge >= 0.3 is 0 Å². The Balaban J connectivity index is 2.43. The summed E-state index contributed by atoms with van der Waals surface area (Å²) in [5, 5.41) is 0. The first-order chi connectivity index (χ1) is 8.08. The van der Waals surface area contributed by atoms with Crippen LogP contribution in [-0.4, -0.2) is 15.8 Å². The van der Waals surface area contributed by atoms with Crippen molar-refractivity contribution in [3.8, 4) is 0 Å². The molecule has 0 aliphatic heterocycles. The number of hydrogen-bond acceptors (Lipinski definition) is 3. The number of nitrogens with zero attached hydrogens (tertiary/aromatic N) is 2. The average molecular weight is 230 g/mol. The molecule has 86 valence electrons. The van der Waals surface area contributed by atoms with Gasteiger partial charge in [-0.2, -0.15) is 0 Å². The molecule has 0 fully saturated rings. The standard InChI is InChI=1S/C13H11FN2O/c1-8-3-4-11(14)10(5-8)13(17)12-7-15-9(2)6-16-12/h3-7H,1-2H3. The Morgan fingerprint density at radius 1 is 1.18 bits per heavy atom. The molecule has 0 spiro atoms. The van der Waals surface area contributed by atoms with Crippen molar-refractivity contribution < 1.29 is 9.18 Å². The molecule has 2 aromatic rings. The van der Waals surface area contributed by atoms with E-state index in [0.29, 0.717) is 5.69 Å². The van der Waals surface area contributed by atoms with Gasteiger partial charge in [0.1, 0.15) is 11.5 Å². The van der Waals surface area contributed by atoms with Gasteiger partial charge in [0.05, 0.1) is 17.5 Å². The van der Waals surface area contributed by atoms with E-state index in [2.05, 4.69) is 9.97 Å². The number of hydrogen-bond donors (Lipinski definition) is 0. The lowest BCUT2D eigenvalue weighted by molar-refractivity contribution is 0.103. The summed E-state index contributed by atoms with van der Waals surface area (Å²) in [7, 11) is 0. The number of rotatable bonds is 2. The van der Waals surface area contributed by atoms with Crippen LogP contribution in [0.4, 0.5) is 4.39 Å². The fourth-order valence-corrected chi connectivity index (χ4v) is 1.46. The summed E-state index contributed by atoms with van der Waals surface area (Å²) in [6.45, 7) is 3.57. The van der Waals surface area contributed by atoms with Gasteiger partial charge in [0.15, 0.2) is 0 Å². The largest absolute Gasteiger partial charge is 0.287 e. The van der Waals surface area contributed by atoms with E-state index in [-0.39, 0.29) is 11.3 Å². The van der Waals surface area contributed by atoms with Gasteiger partial charge in [0.2, 0.25) is 5.78 Å². The van der Waals surface area contributed by atoms with Crippen molar-refractivity contribution in [2.24, 2.45) is 0 Å². The molecule has 0 saturated carbocycles. The molecule has 0 radical (unpaired) electrons. The van der Waals surface area contributed by atoms with Crippen molar-refractivity contribution in [3.63, 3.8) is 0 Å². The number of carbonyl (C=O) groups excluding carboxylic acids is 1. The highest BCUT2D eigenvalue weighted by molar-refractivity contribution is 6.07. The Morgan fingerprint density at radius 2 is 1.94 bits per heavy atom. The van der Waals surface area contributed by atoms with Crippen molar-refractivity contribution in [2.45, 2.75) is 13.8 Å². The molecular formula is C13H11FN2O. The molecule has 0 amide bonds. The zero-order valence-electron chi connectivity index (χ0n) is 9.57. The number of benzene rings is 1. The molecule has 1 heterocycles. The van der Waals surface area contributed by atoms with Gasteiger partial charge in [-0.3, -0.25) is 9.78 Å². The van der Waals surface area contributed by atoms with E-state index in [4.69, 9.17) is 0 Å². The summed E-state index contributed by atoms with van der Waals surface area (Å²) in [5.74, 6) is -0.985. The van der Waals surface area contributed by atoms with E-state index in [0.717, 1.165) is 5.56 Å². The molecule has 17 heavy (non-hydrogen) atoms. The van der Waals surface area contributed by atoms with Crippen LogP contribution >= 0.6 is 0 Å². The molecule has 3 nitrogen and oxygen atoms in total. The number of halogens is 1. The molecule has 0 bridgehead atoms. The van der Waals surface area contributed by atoms with E-state index >= 15 is 0 Å². The Hall–Kier alpha value is -2.10. The molecule has 0 aliphatic carbocycles. The highest BCUT2D eigenvalue weighted by Gasteiger charge is 2.15. The summed E-state index contributed by atoms with van der Waals surface area (Å²) >= 11 is 0. The third-order valence-corrected chi connectivity index (χ3v) is 2.38.